The van der Waals surface area contributed by atoms with Gasteiger partial charge in [-0.2, -0.15) is 0 Å². The molecule has 0 saturated carbocycles. The smallest absolute Gasteiger partial charge is 0.260 e. The number of rotatable bonds is 7. The van der Waals surface area contributed by atoms with Crippen LogP contribution in [0.3, 0.4) is 0 Å². The zero-order chi connectivity index (χ0) is 19.2. The monoisotopic (exact) mass is 383 g/mol. The second-order valence-electron chi connectivity index (χ2n) is 6.32. The van der Waals surface area contributed by atoms with Crippen LogP contribution in [0.1, 0.15) is 12.5 Å². The molecule has 0 radical (unpaired) electrons. The SMILES string of the molecule is Cc1cc(O[C@H](C)C(=O)NCCOc2ccc3ccccc3c2)ccc1Cl. The lowest BCUT2D eigenvalue weighted by atomic mass is 10.1. The van der Waals surface area contributed by atoms with E-state index in [-0.39, 0.29) is 5.91 Å². The van der Waals surface area contributed by atoms with Crippen LogP contribution in [0.5, 0.6) is 11.5 Å². The molecular formula is C22H22ClNO3. The van der Waals surface area contributed by atoms with Crippen LogP contribution in [0.4, 0.5) is 0 Å². The molecule has 1 N–H and O–H groups in total. The van der Waals surface area contributed by atoms with Crippen molar-refractivity contribution in [3.63, 3.8) is 0 Å². The topological polar surface area (TPSA) is 47.6 Å². The van der Waals surface area contributed by atoms with Crippen LogP contribution in [-0.4, -0.2) is 25.2 Å². The minimum atomic E-state index is -0.605. The van der Waals surface area contributed by atoms with Gasteiger partial charge in [-0.1, -0.05) is 41.9 Å². The summed E-state index contributed by atoms with van der Waals surface area (Å²) in [6.45, 7) is 4.39. The van der Waals surface area contributed by atoms with Gasteiger partial charge in [0.25, 0.3) is 5.91 Å². The van der Waals surface area contributed by atoms with Crippen molar-refractivity contribution < 1.29 is 14.3 Å². The Morgan fingerprint density at radius 2 is 1.78 bits per heavy atom. The highest BCUT2D eigenvalue weighted by Gasteiger charge is 2.14. The van der Waals surface area contributed by atoms with E-state index in [1.807, 2.05) is 49.4 Å². The number of hydrogen-bond donors (Lipinski definition) is 1. The van der Waals surface area contributed by atoms with E-state index >= 15 is 0 Å². The van der Waals surface area contributed by atoms with Crippen molar-refractivity contribution >= 4 is 28.3 Å². The van der Waals surface area contributed by atoms with Crippen LogP contribution in [0.2, 0.25) is 5.02 Å². The molecule has 27 heavy (non-hydrogen) atoms. The molecule has 5 heteroatoms. The van der Waals surface area contributed by atoms with E-state index in [2.05, 4.69) is 11.4 Å². The predicted molar refractivity (Wildman–Crippen MR) is 109 cm³/mol. The van der Waals surface area contributed by atoms with E-state index in [1.54, 1.807) is 19.1 Å². The van der Waals surface area contributed by atoms with Gasteiger partial charge in [0, 0.05) is 5.02 Å². The Kier molecular flexibility index (Phi) is 6.20. The van der Waals surface area contributed by atoms with E-state index in [0.29, 0.717) is 23.9 Å². The third-order valence-corrected chi connectivity index (χ3v) is 4.63. The molecule has 3 aromatic carbocycles. The number of aryl methyl sites for hydroxylation is 1. The lowest BCUT2D eigenvalue weighted by Gasteiger charge is -2.15. The van der Waals surface area contributed by atoms with Gasteiger partial charge in [-0.05, 0) is 60.5 Å². The minimum Gasteiger partial charge on any atom is -0.492 e. The van der Waals surface area contributed by atoms with Gasteiger partial charge >= 0.3 is 0 Å². The summed E-state index contributed by atoms with van der Waals surface area (Å²) in [5, 5.41) is 5.79. The number of hydrogen-bond acceptors (Lipinski definition) is 3. The van der Waals surface area contributed by atoms with Gasteiger partial charge in [0.2, 0.25) is 0 Å². The molecule has 0 saturated heterocycles. The molecule has 0 aliphatic rings. The zero-order valence-electron chi connectivity index (χ0n) is 15.4. The number of benzene rings is 3. The maximum absolute atomic E-state index is 12.2. The molecule has 0 aromatic heterocycles. The molecule has 0 unspecified atom stereocenters. The number of fused-ring (bicyclic) bond motifs is 1. The second kappa shape index (κ2) is 8.78. The van der Waals surface area contributed by atoms with Crippen LogP contribution in [0.15, 0.2) is 60.7 Å². The van der Waals surface area contributed by atoms with Crippen LogP contribution >= 0.6 is 11.6 Å². The van der Waals surface area contributed by atoms with Crippen molar-refractivity contribution in [3.8, 4) is 11.5 Å². The lowest BCUT2D eigenvalue weighted by molar-refractivity contribution is -0.127. The summed E-state index contributed by atoms with van der Waals surface area (Å²) in [5.41, 5.74) is 0.908. The second-order valence-corrected chi connectivity index (χ2v) is 6.73. The average Bonchev–Trinajstić information content (AvgIpc) is 2.67. The van der Waals surface area contributed by atoms with Crippen molar-refractivity contribution in [2.75, 3.05) is 13.2 Å². The van der Waals surface area contributed by atoms with Crippen molar-refractivity contribution in [1.82, 2.24) is 5.32 Å². The maximum atomic E-state index is 12.2. The first-order chi connectivity index (χ1) is 13.0. The fourth-order valence-corrected chi connectivity index (χ4v) is 2.81. The van der Waals surface area contributed by atoms with Crippen molar-refractivity contribution in [2.24, 2.45) is 0 Å². The van der Waals surface area contributed by atoms with Gasteiger partial charge in [0.15, 0.2) is 6.10 Å². The molecule has 0 spiro atoms. The Balaban J connectivity index is 1.44. The standard InChI is InChI=1S/C22H22ClNO3/c1-15-13-20(9-10-21(15)23)27-16(2)22(25)24-11-12-26-19-8-7-17-5-3-4-6-18(17)14-19/h3-10,13-14,16H,11-12H2,1-2H3,(H,24,25)/t16-/m1/s1. The van der Waals surface area contributed by atoms with Gasteiger partial charge in [0.1, 0.15) is 18.1 Å². The predicted octanol–water partition coefficient (Wildman–Crippen LogP) is 4.76. The largest absolute Gasteiger partial charge is 0.492 e. The number of amides is 1. The highest BCUT2D eigenvalue weighted by molar-refractivity contribution is 6.31. The first kappa shape index (κ1) is 19.1. The normalized spacial score (nSPS) is 11.8. The number of carbonyl (C=O) groups is 1. The molecule has 1 atom stereocenters. The summed E-state index contributed by atoms with van der Waals surface area (Å²) in [7, 11) is 0. The lowest BCUT2D eigenvalue weighted by Crippen LogP contribution is -2.38. The summed E-state index contributed by atoms with van der Waals surface area (Å²) in [6, 6.07) is 19.4. The molecule has 3 rings (SSSR count). The summed E-state index contributed by atoms with van der Waals surface area (Å²) >= 11 is 6.00. The molecule has 0 bridgehead atoms. The van der Waals surface area contributed by atoms with E-state index < -0.39 is 6.10 Å². The first-order valence-corrected chi connectivity index (χ1v) is 9.23. The van der Waals surface area contributed by atoms with Crippen molar-refractivity contribution in [1.29, 1.82) is 0 Å². The molecular weight excluding hydrogens is 362 g/mol. The molecule has 0 aliphatic heterocycles. The van der Waals surface area contributed by atoms with Gasteiger partial charge in [-0.25, -0.2) is 0 Å². The maximum Gasteiger partial charge on any atom is 0.260 e. The van der Waals surface area contributed by atoms with E-state index in [0.717, 1.165) is 16.7 Å². The quantitative estimate of drug-likeness (QED) is 0.598. The van der Waals surface area contributed by atoms with Crippen molar-refractivity contribution in [3.05, 3.63) is 71.2 Å². The Morgan fingerprint density at radius 1 is 1.04 bits per heavy atom. The van der Waals surface area contributed by atoms with Gasteiger partial charge in [0.05, 0.1) is 6.54 Å². The van der Waals surface area contributed by atoms with Gasteiger partial charge < -0.3 is 14.8 Å². The summed E-state index contributed by atoms with van der Waals surface area (Å²) < 4.78 is 11.4. The molecule has 3 aromatic rings. The number of nitrogens with one attached hydrogen (secondary N) is 1. The zero-order valence-corrected chi connectivity index (χ0v) is 16.1. The summed E-state index contributed by atoms with van der Waals surface area (Å²) in [5.74, 6) is 1.21. The molecule has 0 fully saturated rings. The highest BCUT2D eigenvalue weighted by Crippen LogP contribution is 2.22. The van der Waals surface area contributed by atoms with E-state index in [4.69, 9.17) is 21.1 Å². The number of carbonyl (C=O) groups excluding carboxylic acids is 1. The highest BCUT2D eigenvalue weighted by atomic mass is 35.5. The Bertz CT molecular complexity index is 942. The molecule has 0 heterocycles. The molecule has 4 nitrogen and oxygen atoms in total. The van der Waals surface area contributed by atoms with Gasteiger partial charge in [-0.15, -0.1) is 0 Å². The Hall–Kier alpha value is -2.72. The summed E-state index contributed by atoms with van der Waals surface area (Å²) in [6.07, 6.45) is -0.605. The van der Waals surface area contributed by atoms with Crippen LogP contribution in [0, 0.1) is 6.92 Å². The first-order valence-electron chi connectivity index (χ1n) is 8.85. The van der Waals surface area contributed by atoms with Crippen LogP contribution < -0.4 is 14.8 Å². The van der Waals surface area contributed by atoms with Crippen LogP contribution in [0.25, 0.3) is 10.8 Å². The van der Waals surface area contributed by atoms with Gasteiger partial charge in [-0.3, -0.25) is 4.79 Å². The molecule has 0 aliphatic carbocycles. The number of ether oxygens (including phenoxy) is 2. The van der Waals surface area contributed by atoms with Crippen molar-refractivity contribution in [2.45, 2.75) is 20.0 Å². The fraction of sp³-hybridized carbons (Fsp3) is 0.227. The molecule has 1 amide bonds. The number of halogens is 1. The van der Waals surface area contributed by atoms with E-state index in [1.165, 1.54) is 5.39 Å². The fourth-order valence-electron chi connectivity index (χ4n) is 2.69. The third kappa shape index (κ3) is 5.14. The average molecular weight is 384 g/mol. The Morgan fingerprint density at radius 3 is 2.56 bits per heavy atom. The van der Waals surface area contributed by atoms with Crippen LogP contribution in [-0.2, 0) is 4.79 Å². The molecule has 140 valence electrons. The summed E-state index contributed by atoms with van der Waals surface area (Å²) in [4.78, 5) is 12.2. The van der Waals surface area contributed by atoms with E-state index in [9.17, 15) is 4.79 Å². The Labute approximate surface area is 164 Å². The minimum absolute atomic E-state index is 0.190. The third-order valence-electron chi connectivity index (χ3n) is 4.20.